The SMILES string of the molecule is CO/N=C(\C(=O)N[C@@H]1C(=O)N2C(C(=O)[O-])=C([n+]3csc(CCO)c3C)CS[C@H]12)c1csc(N)n1. The molecule has 12 nitrogen and oxygen atoms in total. The summed E-state index contributed by atoms with van der Waals surface area (Å²) < 4.78 is 1.71. The molecule has 0 radical (unpaired) electrons. The lowest BCUT2D eigenvalue weighted by Gasteiger charge is -2.49. The quantitative estimate of drug-likeness (QED) is 0.157. The van der Waals surface area contributed by atoms with Gasteiger partial charge in [0.15, 0.2) is 16.5 Å². The lowest BCUT2D eigenvalue weighted by molar-refractivity contribution is -0.584. The number of amides is 2. The van der Waals surface area contributed by atoms with E-state index in [1.807, 2.05) is 6.92 Å². The topological polar surface area (TPSA) is 174 Å². The highest BCUT2D eigenvalue weighted by Gasteiger charge is 2.55. The zero-order valence-corrected chi connectivity index (χ0v) is 20.5. The summed E-state index contributed by atoms with van der Waals surface area (Å²) in [4.78, 5) is 48.7. The molecule has 0 spiro atoms. The van der Waals surface area contributed by atoms with E-state index in [1.165, 1.54) is 35.6 Å². The molecule has 180 valence electrons. The van der Waals surface area contributed by atoms with Crippen molar-refractivity contribution in [1.82, 2.24) is 15.2 Å². The van der Waals surface area contributed by atoms with E-state index in [-0.39, 0.29) is 34.6 Å². The van der Waals surface area contributed by atoms with E-state index in [0.717, 1.165) is 26.8 Å². The van der Waals surface area contributed by atoms with Crippen LogP contribution >= 0.6 is 34.4 Å². The van der Waals surface area contributed by atoms with Crippen LogP contribution in [0, 0.1) is 6.92 Å². The van der Waals surface area contributed by atoms with Crippen LogP contribution in [0.2, 0.25) is 0 Å². The molecule has 4 rings (SSSR count). The predicted molar refractivity (Wildman–Crippen MR) is 123 cm³/mol. The van der Waals surface area contributed by atoms with Crippen molar-refractivity contribution in [3.63, 3.8) is 0 Å². The number of carbonyl (C=O) groups excluding carboxylic acids is 3. The molecule has 0 bridgehead atoms. The molecule has 2 aliphatic heterocycles. The van der Waals surface area contributed by atoms with Gasteiger partial charge in [0.1, 0.15) is 29.9 Å². The molecule has 4 N–H and O–H groups in total. The minimum atomic E-state index is -1.49. The normalized spacial score (nSPS) is 20.1. The molecule has 0 aromatic carbocycles. The average molecular weight is 525 g/mol. The molecular weight excluding hydrogens is 504 g/mol. The molecule has 2 atom stereocenters. The van der Waals surface area contributed by atoms with E-state index < -0.39 is 29.2 Å². The summed E-state index contributed by atoms with van der Waals surface area (Å²) in [6.07, 6.45) is 0.444. The molecular formula is C19H20N6O6S3. The highest BCUT2D eigenvalue weighted by molar-refractivity contribution is 8.00. The number of fused-ring (bicyclic) bond motifs is 1. The molecule has 2 aromatic rings. The minimum Gasteiger partial charge on any atom is -0.543 e. The van der Waals surface area contributed by atoms with E-state index in [0.29, 0.717) is 12.1 Å². The molecule has 0 aliphatic carbocycles. The number of nitrogens with zero attached hydrogens (tertiary/aromatic N) is 4. The number of nitrogens with one attached hydrogen (secondary N) is 1. The first-order valence-corrected chi connectivity index (χ1v) is 12.7. The first-order chi connectivity index (χ1) is 16.3. The summed E-state index contributed by atoms with van der Waals surface area (Å²) in [7, 11) is 1.27. The minimum absolute atomic E-state index is 0.0294. The van der Waals surface area contributed by atoms with Gasteiger partial charge in [-0.15, -0.1) is 23.1 Å². The number of carboxylic acid groups (broad SMARTS) is 1. The number of thioether (sulfide) groups is 1. The Hall–Kier alpha value is -3.01. The number of aliphatic hydroxyl groups is 1. The van der Waals surface area contributed by atoms with E-state index >= 15 is 0 Å². The molecule has 1 fully saturated rings. The molecule has 0 unspecified atom stereocenters. The van der Waals surface area contributed by atoms with E-state index in [9.17, 15) is 24.6 Å². The summed E-state index contributed by atoms with van der Waals surface area (Å²) >= 11 is 3.83. The first-order valence-electron chi connectivity index (χ1n) is 9.90. The van der Waals surface area contributed by atoms with Crippen molar-refractivity contribution in [3.8, 4) is 0 Å². The molecule has 2 amide bonds. The van der Waals surface area contributed by atoms with Crippen molar-refractivity contribution in [2.45, 2.75) is 24.8 Å². The summed E-state index contributed by atoms with van der Waals surface area (Å²) in [6, 6.07) is -0.968. The van der Waals surface area contributed by atoms with Crippen LogP contribution in [0.5, 0.6) is 0 Å². The van der Waals surface area contributed by atoms with Crippen molar-refractivity contribution in [2.24, 2.45) is 5.16 Å². The molecule has 4 heterocycles. The fraction of sp³-hybridized carbons (Fsp3) is 0.368. The zero-order chi connectivity index (χ0) is 24.6. The number of carbonyl (C=O) groups is 3. The summed E-state index contributed by atoms with van der Waals surface area (Å²) in [5.41, 5.74) is 8.37. The third-order valence-corrected chi connectivity index (χ3v) is 8.32. The van der Waals surface area contributed by atoms with Gasteiger partial charge in [-0.1, -0.05) is 16.5 Å². The van der Waals surface area contributed by atoms with Gasteiger partial charge in [0, 0.05) is 25.3 Å². The van der Waals surface area contributed by atoms with Crippen molar-refractivity contribution >= 4 is 68.8 Å². The summed E-state index contributed by atoms with van der Waals surface area (Å²) in [6.45, 7) is 1.79. The van der Waals surface area contributed by atoms with Gasteiger partial charge in [-0.3, -0.25) is 14.5 Å². The molecule has 1 saturated heterocycles. The Morgan fingerprint density at radius 2 is 2.24 bits per heavy atom. The summed E-state index contributed by atoms with van der Waals surface area (Å²) in [5.74, 6) is -2.50. The van der Waals surface area contributed by atoms with Gasteiger partial charge in [-0.2, -0.15) is 4.57 Å². The van der Waals surface area contributed by atoms with Gasteiger partial charge >= 0.3 is 0 Å². The molecule has 2 aromatic heterocycles. The maximum atomic E-state index is 13.0. The number of nitrogens with two attached hydrogens (primary N) is 1. The Morgan fingerprint density at radius 1 is 1.47 bits per heavy atom. The van der Waals surface area contributed by atoms with E-state index in [2.05, 4.69) is 15.5 Å². The van der Waals surface area contributed by atoms with Crippen LogP contribution in [-0.4, -0.2) is 69.4 Å². The van der Waals surface area contributed by atoms with Gasteiger partial charge in [-0.25, -0.2) is 4.98 Å². The average Bonchev–Trinajstić information content (AvgIpc) is 3.40. The largest absolute Gasteiger partial charge is 0.543 e. The number of thiazole rings is 2. The number of aliphatic hydroxyl groups excluding tert-OH is 1. The standard InChI is InChI=1S/C19H20N6O6S3/c1-8-11(3-4-26)34-7-24(8)10-6-32-17-13(16(28)25(17)14(10)18(29)30)22-15(27)12(23-31-2)9-5-33-19(20)21-9/h5,7,13,17,26H,3-4,6H2,1-2H3,(H3-,20,21,22,27,29,30)/b23-12-/t13-,17-/m1/s1. The number of hydrogen-bond donors (Lipinski definition) is 3. The van der Waals surface area contributed by atoms with Crippen LogP contribution < -0.4 is 20.7 Å². The third-order valence-electron chi connectivity index (χ3n) is 5.29. The second kappa shape index (κ2) is 9.69. The highest BCUT2D eigenvalue weighted by Crippen LogP contribution is 2.40. The number of nitrogen functional groups attached to an aromatic ring is 1. The van der Waals surface area contributed by atoms with Crippen molar-refractivity contribution < 1.29 is 34.0 Å². The van der Waals surface area contributed by atoms with Gasteiger partial charge < -0.3 is 30.9 Å². The van der Waals surface area contributed by atoms with Crippen molar-refractivity contribution in [3.05, 3.63) is 32.9 Å². The predicted octanol–water partition coefficient (Wildman–Crippen LogP) is -1.71. The van der Waals surface area contributed by atoms with Crippen molar-refractivity contribution in [1.29, 1.82) is 0 Å². The van der Waals surface area contributed by atoms with E-state index in [4.69, 9.17) is 10.6 Å². The van der Waals surface area contributed by atoms with Crippen molar-refractivity contribution in [2.75, 3.05) is 25.2 Å². The summed E-state index contributed by atoms with van der Waals surface area (Å²) in [5, 5.41) is 28.7. The lowest BCUT2D eigenvalue weighted by atomic mass is 10.0. The second-order valence-corrected chi connectivity index (χ2v) is 10.1. The van der Waals surface area contributed by atoms with Crippen LogP contribution in [0.3, 0.4) is 0 Å². The number of hydrogen-bond acceptors (Lipinski definition) is 12. The number of anilines is 1. The van der Waals surface area contributed by atoms with Gasteiger partial charge in [-0.05, 0) is 0 Å². The molecule has 2 aliphatic rings. The van der Waals surface area contributed by atoms with Gasteiger partial charge in [0.2, 0.25) is 11.2 Å². The molecule has 0 saturated carbocycles. The lowest BCUT2D eigenvalue weighted by Crippen LogP contribution is -2.72. The zero-order valence-electron chi connectivity index (χ0n) is 18.0. The van der Waals surface area contributed by atoms with Gasteiger partial charge in [0.05, 0.1) is 16.6 Å². The Balaban J connectivity index is 1.59. The maximum Gasteiger partial charge on any atom is 0.276 e. The molecule has 34 heavy (non-hydrogen) atoms. The van der Waals surface area contributed by atoms with Crippen LogP contribution in [0.4, 0.5) is 5.13 Å². The van der Waals surface area contributed by atoms with Gasteiger partial charge in [0.25, 0.3) is 11.8 Å². The maximum absolute atomic E-state index is 13.0. The second-order valence-electron chi connectivity index (χ2n) is 7.21. The number of rotatable bonds is 8. The number of aliphatic carboxylic acids is 1. The van der Waals surface area contributed by atoms with Crippen LogP contribution in [-0.2, 0) is 25.6 Å². The fourth-order valence-corrected chi connectivity index (χ4v) is 6.58. The Labute approximate surface area is 205 Å². The Bertz CT molecular complexity index is 1220. The van der Waals surface area contributed by atoms with Crippen LogP contribution in [0.1, 0.15) is 16.3 Å². The highest BCUT2D eigenvalue weighted by atomic mass is 32.2. The fourth-order valence-electron chi connectivity index (χ4n) is 3.70. The van der Waals surface area contributed by atoms with Crippen LogP contribution in [0.25, 0.3) is 5.70 Å². The smallest absolute Gasteiger partial charge is 0.276 e. The molecule has 15 heteroatoms. The Kier molecular flexibility index (Phi) is 6.88. The monoisotopic (exact) mass is 524 g/mol. The third kappa shape index (κ3) is 4.15. The number of carboxylic acids is 1. The number of β-lactam (4-membered cyclic amide) rings is 1. The Morgan fingerprint density at radius 3 is 2.85 bits per heavy atom. The first kappa shape index (κ1) is 24.1. The number of aromatic nitrogens is 2. The van der Waals surface area contributed by atoms with E-state index in [1.54, 1.807) is 10.1 Å². The van der Waals surface area contributed by atoms with Crippen LogP contribution in [0.15, 0.2) is 21.7 Å². The number of oxime groups is 1.